The number of hydrogen-bond acceptors (Lipinski definition) is 6. The zero-order chi connectivity index (χ0) is 20.5. The molecule has 4 rings (SSSR count). The summed E-state index contributed by atoms with van der Waals surface area (Å²) in [5, 5.41) is 15.5. The maximum absolute atomic E-state index is 12.3. The number of nitrogens with zero attached hydrogens (tertiary/aromatic N) is 3. The van der Waals surface area contributed by atoms with Crippen molar-refractivity contribution in [2.24, 2.45) is 0 Å². The number of carbonyl (C=O) groups is 1. The Labute approximate surface area is 172 Å². The van der Waals surface area contributed by atoms with Crippen LogP contribution in [-0.2, 0) is 0 Å². The van der Waals surface area contributed by atoms with Crippen LogP contribution in [0.25, 0.3) is 10.2 Å². The highest BCUT2D eigenvalue weighted by Gasteiger charge is 2.33. The van der Waals surface area contributed by atoms with Gasteiger partial charge in [-0.05, 0) is 51.0 Å². The van der Waals surface area contributed by atoms with E-state index < -0.39 is 4.92 Å². The van der Waals surface area contributed by atoms with Gasteiger partial charge in [-0.2, -0.15) is 0 Å². The van der Waals surface area contributed by atoms with Crippen LogP contribution in [0.2, 0.25) is 0 Å². The van der Waals surface area contributed by atoms with Crippen molar-refractivity contribution in [3.63, 3.8) is 0 Å². The minimum atomic E-state index is -0.408. The second kappa shape index (κ2) is 7.79. The van der Waals surface area contributed by atoms with Crippen LogP contribution < -0.4 is 10.2 Å². The molecule has 1 aliphatic heterocycles. The van der Waals surface area contributed by atoms with Crippen molar-refractivity contribution >= 4 is 38.8 Å². The molecule has 1 saturated heterocycles. The Balaban J connectivity index is 1.70. The van der Waals surface area contributed by atoms with Gasteiger partial charge in [0.25, 0.3) is 11.6 Å². The summed E-state index contributed by atoms with van der Waals surface area (Å²) in [6, 6.07) is 12.7. The number of benzene rings is 2. The van der Waals surface area contributed by atoms with Crippen molar-refractivity contribution < 1.29 is 9.72 Å². The minimum Gasteiger partial charge on any atom is -0.357 e. The van der Waals surface area contributed by atoms with Gasteiger partial charge in [0.15, 0.2) is 0 Å². The zero-order valence-electron chi connectivity index (χ0n) is 16.3. The van der Waals surface area contributed by atoms with Gasteiger partial charge in [-0.1, -0.05) is 12.1 Å². The number of para-hydroxylation sites is 1. The third kappa shape index (κ3) is 3.80. The van der Waals surface area contributed by atoms with Gasteiger partial charge in [-0.25, -0.2) is 4.98 Å². The molecule has 1 amide bonds. The van der Waals surface area contributed by atoms with E-state index in [9.17, 15) is 14.9 Å². The summed E-state index contributed by atoms with van der Waals surface area (Å²) < 4.78 is 1.12. The average molecular weight is 410 g/mol. The molecule has 0 saturated carbocycles. The fraction of sp³-hybridized carbons (Fsp3) is 0.333. The number of nitro groups is 1. The highest BCUT2D eigenvalue weighted by Crippen LogP contribution is 2.42. The van der Waals surface area contributed by atoms with Gasteiger partial charge in [0.05, 0.1) is 21.2 Å². The monoisotopic (exact) mass is 410 g/mol. The van der Waals surface area contributed by atoms with Crippen LogP contribution in [0.1, 0.15) is 48.1 Å². The first kappa shape index (κ1) is 19.3. The maximum Gasteiger partial charge on any atom is 0.293 e. The summed E-state index contributed by atoms with van der Waals surface area (Å²) in [6.07, 6.45) is 1.83. The first-order valence-electron chi connectivity index (χ1n) is 9.65. The fourth-order valence-corrected chi connectivity index (χ4v) is 4.86. The molecule has 0 spiro atoms. The molecule has 3 aromatic rings. The Morgan fingerprint density at radius 2 is 2.10 bits per heavy atom. The Morgan fingerprint density at radius 3 is 2.83 bits per heavy atom. The molecule has 0 aliphatic carbocycles. The van der Waals surface area contributed by atoms with E-state index >= 15 is 0 Å². The van der Waals surface area contributed by atoms with Crippen molar-refractivity contribution in [1.82, 2.24) is 10.3 Å². The third-order valence-electron chi connectivity index (χ3n) is 5.01. The van der Waals surface area contributed by atoms with E-state index in [0.29, 0.717) is 11.3 Å². The van der Waals surface area contributed by atoms with E-state index in [1.807, 2.05) is 38.1 Å². The second-order valence-corrected chi connectivity index (χ2v) is 8.52. The van der Waals surface area contributed by atoms with Gasteiger partial charge in [0.2, 0.25) is 0 Å². The maximum atomic E-state index is 12.3. The Bertz CT molecular complexity index is 1050. The van der Waals surface area contributed by atoms with Crippen LogP contribution in [0.3, 0.4) is 0 Å². The largest absolute Gasteiger partial charge is 0.357 e. The quantitative estimate of drug-likeness (QED) is 0.487. The summed E-state index contributed by atoms with van der Waals surface area (Å²) in [5.74, 6) is -0.307. The van der Waals surface area contributed by atoms with E-state index in [1.54, 1.807) is 23.5 Å². The lowest BCUT2D eigenvalue weighted by Gasteiger charge is -2.25. The lowest BCUT2D eigenvalue weighted by atomic mass is 10.1. The van der Waals surface area contributed by atoms with Gasteiger partial charge in [-0.3, -0.25) is 14.9 Å². The van der Waals surface area contributed by atoms with Crippen LogP contribution in [0, 0.1) is 10.1 Å². The first-order chi connectivity index (χ1) is 13.9. The highest BCUT2D eigenvalue weighted by atomic mass is 32.1. The predicted molar refractivity (Wildman–Crippen MR) is 115 cm³/mol. The molecule has 1 fully saturated rings. The second-order valence-electron chi connectivity index (χ2n) is 7.46. The summed E-state index contributed by atoms with van der Waals surface area (Å²) in [4.78, 5) is 30.5. The molecule has 150 valence electrons. The normalized spacial score (nSPS) is 16.5. The molecule has 1 unspecified atom stereocenters. The Hall–Kier alpha value is -3.00. The topological polar surface area (TPSA) is 88.4 Å². The molecular weight excluding hydrogens is 388 g/mol. The average Bonchev–Trinajstić information content (AvgIpc) is 3.33. The molecular formula is C21H22N4O3S. The summed E-state index contributed by atoms with van der Waals surface area (Å²) in [7, 11) is 0. The number of hydrogen-bond donors (Lipinski definition) is 1. The van der Waals surface area contributed by atoms with E-state index in [1.165, 1.54) is 6.07 Å². The predicted octanol–water partition coefficient (Wildman–Crippen LogP) is 4.68. The number of aromatic nitrogens is 1. The van der Waals surface area contributed by atoms with Gasteiger partial charge < -0.3 is 10.2 Å². The molecule has 0 bridgehead atoms. The summed E-state index contributed by atoms with van der Waals surface area (Å²) in [6.45, 7) is 4.43. The van der Waals surface area contributed by atoms with Gasteiger partial charge in [0.1, 0.15) is 10.7 Å². The van der Waals surface area contributed by atoms with E-state index in [-0.39, 0.29) is 23.7 Å². The molecule has 2 heterocycles. The Kier molecular flexibility index (Phi) is 5.19. The van der Waals surface area contributed by atoms with Gasteiger partial charge >= 0.3 is 0 Å². The lowest BCUT2D eigenvalue weighted by molar-refractivity contribution is -0.384. The van der Waals surface area contributed by atoms with E-state index in [2.05, 4.69) is 10.2 Å². The van der Waals surface area contributed by atoms with Crippen LogP contribution >= 0.6 is 11.3 Å². The number of nitrogens with one attached hydrogen (secondary N) is 1. The number of rotatable bonds is 5. The van der Waals surface area contributed by atoms with Crippen molar-refractivity contribution in [1.29, 1.82) is 0 Å². The van der Waals surface area contributed by atoms with Crippen LogP contribution in [-0.4, -0.2) is 28.4 Å². The SMILES string of the molecule is CC(C)NC(=O)c1ccc(N2CCCC2c2nc3ccccc3s2)c([N+](=O)[O-])c1. The standard InChI is InChI=1S/C21H22N4O3S/c1-13(2)22-20(26)14-9-10-16(18(12-14)25(27)28)24-11-5-7-17(24)21-23-15-6-3-4-8-19(15)29-21/h3-4,6,8-10,12-13,17H,5,7,11H2,1-2H3,(H,22,26). The van der Waals surface area contributed by atoms with Gasteiger partial charge in [0, 0.05) is 24.2 Å². The molecule has 7 nitrogen and oxygen atoms in total. The molecule has 1 N–H and O–H groups in total. The molecule has 2 aromatic carbocycles. The van der Waals surface area contributed by atoms with Crippen molar-refractivity contribution in [2.75, 3.05) is 11.4 Å². The third-order valence-corrected chi connectivity index (χ3v) is 6.15. The molecule has 8 heteroatoms. The number of nitro benzene ring substituents is 1. The Morgan fingerprint density at radius 1 is 1.31 bits per heavy atom. The number of carbonyl (C=O) groups excluding carboxylic acids is 1. The van der Waals surface area contributed by atoms with Crippen molar-refractivity contribution in [3.8, 4) is 0 Å². The minimum absolute atomic E-state index is 0.00133. The number of thiazole rings is 1. The van der Waals surface area contributed by atoms with E-state index in [0.717, 1.165) is 34.6 Å². The zero-order valence-corrected chi connectivity index (χ0v) is 17.1. The number of amides is 1. The van der Waals surface area contributed by atoms with Crippen LogP contribution in [0.5, 0.6) is 0 Å². The van der Waals surface area contributed by atoms with Crippen molar-refractivity contribution in [2.45, 2.75) is 38.8 Å². The fourth-order valence-electron chi connectivity index (χ4n) is 3.74. The molecule has 1 aromatic heterocycles. The first-order valence-corrected chi connectivity index (χ1v) is 10.5. The number of anilines is 1. The van der Waals surface area contributed by atoms with Crippen LogP contribution in [0.15, 0.2) is 42.5 Å². The summed E-state index contributed by atoms with van der Waals surface area (Å²) >= 11 is 1.64. The summed E-state index contributed by atoms with van der Waals surface area (Å²) in [5.41, 5.74) is 1.74. The smallest absolute Gasteiger partial charge is 0.293 e. The van der Waals surface area contributed by atoms with Crippen LogP contribution in [0.4, 0.5) is 11.4 Å². The highest BCUT2D eigenvalue weighted by molar-refractivity contribution is 7.18. The molecule has 1 aliphatic rings. The number of fused-ring (bicyclic) bond motifs is 1. The molecule has 1 atom stereocenters. The van der Waals surface area contributed by atoms with E-state index in [4.69, 9.17) is 4.98 Å². The molecule has 29 heavy (non-hydrogen) atoms. The molecule has 0 radical (unpaired) electrons. The van der Waals surface area contributed by atoms with Crippen molar-refractivity contribution in [3.05, 3.63) is 63.1 Å². The van der Waals surface area contributed by atoms with Gasteiger partial charge in [-0.15, -0.1) is 11.3 Å². The lowest BCUT2D eigenvalue weighted by Crippen LogP contribution is -2.30.